The SMILES string of the molecule is [Li+].c1ccc(N=P(P=P([N-]c2ccccc2)(c2ccccc2)c2ccccc2)(c2ccccc2)c2ccccc2)cc1. The van der Waals surface area contributed by atoms with E-state index in [4.69, 9.17) is 9.83 Å². The first-order valence-corrected chi connectivity index (χ1v) is 19.4. The van der Waals surface area contributed by atoms with E-state index in [-0.39, 0.29) is 18.9 Å². The summed E-state index contributed by atoms with van der Waals surface area (Å²) < 4.78 is 5.77. The fraction of sp³-hybridized carbons (Fsp3) is 0. The number of hydrogen-bond donors (Lipinski definition) is 0. The third kappa shape index (κ3) is 6.51. The van der Waals surface area contributed by atoms with E-state index in [0.717, 1.165) is 11.4 Å². The van der Waals surface area contributed by atoms with Gasteiger partial charge in [-0.3, -0.25) is 0 Å². The minimum Gasteiger partial charge on any atom is -0.649 e. The molecule has 0 radical (unpaired) electrons. The van der Waals surface area contributed by atoms with Crippen LogP contribution in [0.25, 0.3) is 5.09 Å². The van der Waals surface area contributed by atoms with E-state index in [1.54, 1.807) is 0 Å². The van der Waals surface area contributed by atoms with E-state index >= 15 is 0 Å². The molecular formula is C36H30LiN2P3. The average Bonchev–Trinajstić information content (AvgIpc) is 3.06. The minimum absolute atomic E-state index is 0. The van der Waals surface area contributed by atoms with Crippen molar-refractivity contribution in [2.75, 3.05) is 0 Å². The Bertz CT molecular complexity index is 1710. The van der Waals surface area contributed by atoms with Gasteiger partial charge in [-0.25, -0.2) is 4.74 Å². The molecule has 0 unspecified atom stereocenters. The van der Waals surface area contributed by atoms with Crippen molar-refractivity contribution in [3.8, 4) is 0 Å². The van der Waals surface area contributed by atoms with E-state index in [1.807, 2.05) is 0 Å². The van der Waals surface area contributed by atoms with Gasteiger partial charge in [-0.15, -0.1) is 5.69 Å². The summed E-state index contributed by atoms with van der Waals surface area (Å²) in [5, 5.41) is 10.8. The molecule has 2 nitrogen and oxygen atoms in total. The molecule has 0 spiro atoms. The van der Waals surface area contributed by atoms with Gasteiger partial charge in [0.2, 0.25) is 0 Å². The zero-order valence-electron chi connectivity index (χ0n) is 23.6. The van der Waals surface area contributed by atoms with Gasteiger partial charge < -0.3 is 5.09 Å². The molecule has 42 heavy (non-hydrogen) atoms. The van der Waals surface area contributed by atoms with Crippen LogP contribution in [0.5, 0.6) is 0 Å². The maximum Gasteiger partial charge on any atom is 1.00 e. The molecule has 0 aliphatic rings. The summed E-state index contributed by atoms with van der Waals surface area (Å²) in [7, 11) is 1.19. The van der Waals surface area contributed by atoms with Crippen LogP contribution in [-0.2, 0) is 0 Å². The number of hydrogen-bond acceptors (Lipinski definition) is 1. The number of nitrogens with zero attached hydrogens (tertiary/aromatic N) is 2. The third-order valence-corrected chi connectivity index (χ3v) is 21.9. The second-order valence-electron chi connectivity index (χ2n) is 9.51. The Labute approximate surface area is 263 Å². The molecule has 0 heterocycles. The predicted octanol–water partition coefficient (Wildman–Crippen LogP) is 7.24. The molecule has 0 aromatic heterocycles. The molecule has 0 amide bonds. The van der Waals surface area contributed by atoms with Crippen LogP contribution in [-0.4, -0.2) is 0 Å². The summed E-state index contributed by atoms with van der Waals surface area (Å²) in [4.78, 5) is 0. The van der Waals surface area contributed by atoms with E-state index in [1.165, 1.54) is 28.8 Å². The standard InChI is InChI=1S/C36H30N2P3.Li/c1-7-19-31(20-8-1)37-40(33-23-11-3-12-24-33,34-25-13-4-14-26-34)39-41(35-27-15-5-16-28-35,36-29-17-6-18-30-36)38-32-21-9-2-10-22-32;/h1-30H;/q-1;+1. The molecular weight excluding hydrogens is 560 g/mol. The molecule has 0 saturated carbocycles. The van der Waals surface area contributed by atoms with Gasteiger partial charge in [-0.05, 0) is 22.7 Å². The molecule has 0 atom stereocenters. The Morgan fingerprint density at radius 3 is 1.14 bits per heavy atom. The first-order valence-electron chi connectivity index (χ1n) is 13.6. The maximum atomic E-state index is 5.77. The Hall–Kier alpha value is -3.32. The Morgan fingerprint density at radius 2 is 0.738 bits per heavy atom. The van der Waals surface area contributed by atoms with Gasteiger partial charge >= 0.3 is 18.9 Å². The van der Waals surface area contributed by atoms with Crippen LogP contribution in [0.4, 0.5) is 11.4 Å². The Kier molecular flexibility index (Phi) is 10.2. The van der Waals surface area contributed by atoms with E-state index in [2.05, 4.69) is 182 Å². The molecule has 0 bridgehead atoms. The zero-order valence-corrected chi connectivity index (χ0v) is 26.2. The van der Waals surface area contributed by atoms with Crippen molar-refractivity contribution in [3.63, 3.8) is 0 Å². The first-order chi connectivity index (χ1) is 20.3. The molecule has 0 N–H and O–H groups in total. The first kappa shape index (κ1) is 30.1. The molecule has 0 fully saturated rings. The fourth-order valence-electron chi connectivity index (χ4n) is 4.83. The van der Waals surface area contributed by atoms with E-state index < -0.39 is 13.4 Å². The van der Waals surface area contributed by atoms with Crippen LogP contribution in [0.2, 0.25) is 0 Å². The summed E-state index contributed by atoms with van der Waals surface area (Å²) in [5.41, 5.74) is 1.97. The summed E-state index contributed by atoms with van der Waals surface area (Å²) in [6.45, 7) is -4.92. The third-order valence-electron chi connectivity index (χ3n) is 6.76. The quantitative estimate of drug-likeness (QED) is 0.132. The van der Waals surface area contributed by atoms with Gasteiger partial charge in [0.1, 0.15) is 0 Å². The van der Waals surface area contributed by atoms with Crippen LogP contribution in [0.15, 0.2) is 187 Å². The van der Waals surface area contributed by atoms with Crippen molar-refractivity contribution in [1.29, 1.82) is 0 Å². The summed E-state index contributed by atoms with van der Waals surface area (Å²) >= 11 is 0. The number of rotatable bonds is 8. The zero-order chi connectivity index (χ0) is 27.8. The van der Waals surface area contributed by atoms with Crippen LogP contribution >= 0.6 is 21.0 Å². The molecule has 6 aromatic rings. The molecule has 200 valence electrons. The van der Waals surface area contributed by atoms with Crippen molar-refractivity contribution in [1.82, 2.24) is 0 Å². The summed E-state index contributed by atoms with van der Waals surface area (Å²) in [6, 6.07) is 64.4. The second kappa shape index (κ2) is 14.2. The maximum absolute atomic E-state index is 5.77. The molecule has 6 aromatic carbocycles. The van der Waals surface area contributed by atoms with E-state index in [0.29, 0.717) is 0 Å². The second-order valence-corrected chi connectivity index (χ2v) is 20.2. The van der Waals surface area contributed by atoms with Crippen LogP contribution in [0, 0.1) is 0 Å². The fourth-order valence-corrected chi connectivity index (χ4v) is 22.7. The van der Waals surface area contributed by atoms with Crippen LogP contribution < -0.4 is 40.1 Å². The Morgan fingerprint density at radius 1 is 0.405 bits per heavy atom. The van der Waals surface area contributed by atoms with Crippen LogP contribution in [0.1, 0.15) is 0 Å². The van der Waals surface area contributed by atoms with Crippen molar-refractivity contribution in [2.24, 2.45) is 4.74 Å². The van der Waals surface area contributed by atoms with Crippen LogP contribution in [0.3, 0.4) is 0 Å². The van der Waals surface area contributed by atoms with Gasteiger partial charge in [0.05, 0.1) is 12.4 Å². The smallest absolute Gasteiger partial charge is 0.649 e. The monoisotopic (exact) mass is 590 g/mol. The average molecular weight is 591 g/mol. The van der Waals surface area contributed by atoms with Gasteiger partial charge in [0, 0.05) is 10.6 Å². The molecule has 0 aliphatic heterocycles. The predicted molar refractivity (Wildman–Crippen MR) is 183 cm³/mol. The van der Waals surface area contributed by atoms with Crippen molar-refractivity contribution in [3.05, 3.63) is 187 Å². The van der Waals surface area contributed by atoms with Gasteiger partial charge in [0.25, 0.3) is 0 Å². The molecule has 6 rings (SSSR count). The topological polar surface area (TPSA) is 26.5 Å². The minimum atomic E-state index is -2.46. The van der Waals surface area contributed by atoms with Crippen molar-refractivity contribution in [2.45, 2.75) is 0 Å². The van der Waals surface area contributed by atoms with Gasteiger partial charge in [0.15, 0.2) is 0 Å². The Balaban J connectivity index is 0.00000353. The largest absolute Gasteiger partial charge is 1.00 e. The normalized spacial score (nSPS) is 11.3. The van der Waals surface area contributed by atoms with Gasteiger partial charge in [-0.1, -0.05) is 184 Å². The summed E-state index contributed by atoms with van der Waals surface area (Å²) in [6.07, 6.45) is 0. The van der Waals surface area contributed by atoms with E-state index in [9.17, 15) is 0 Å². The molecule has 0 saturated heterocycles. The number of benzene rings is 6. The van der Waals surface area contributed by atoms with Gasteiger partial charge in [-0.2, -0.15) is 0 Å². The molecule has 6 heteroatoms. The van der Waals surface area contributed by atoms with Crippen molar-refractivity contribution < 1.29 is 18.9 Å². The summed E-state index contributed by atoms with van der Waals surface area (Å²) in [5.74, 6) is 0. The molecule has 0 aliphatic carbocycles. The van der Waals surface area contributed by atoms with Crippen molar-refractivity contribution >= 4 is 53.6 Å².